The van der Waals surface area contributed by atoms with Crippen LogP contribution < -0.4 is 9.04 Å². The SMILES string of the molecule is COc1ccc(N2C(=O)CCS2(=O)=O)cc1S(=O)(=O)N1CCC(C)CC1. The Morgan fingerprint density at radius 1 is 1.19 bits per heavy atom. The molecule has 0 aliphatic carbocycles. The van der Waals surface area contributed by atoms with E-state index in [2.05, 4.69) is 6.92 Å². The lowest BCUT2D eigenvalue weighted by Gasteiger charge is -2.30. The molecule has 0 radical (unpaired) electrons. The number of amides is 1. The molecule has 10 heteroatoms. The molecular weight excluding hydrogens is 380 g/mol. The van der Waals surface area contributed by atoms with Gasteiger partial charge in [-0.3, -0.25) is 4.79 Å². The van der Waals surface area contributed by atoms with Gasteiger partial charge >= 0.3 is 0 Å². The number of rotatable bonds is 4. The highest BCUT2D eigenvalue weighted by atomic mass is 32.2. The molecule has 144 valence electrons. The monoisotopic (exact) mass is 402 g/mol. The Balaban J connectivity index is 2.05. The van der Waals surface area contributed by atoms with E-state index in [1.807, 2.05) is 0 Å². The molecule has 0 unspecified atom stereocenters. The first-order valence-electron chi connectivity index (χ1n) is 8.41. The highest BCUT2D eigenvalue weighted by molar-refractivity contribution is 7.94. The molecule has 0 saturated carbocycles. The van der Waals surface area contributed by atoms with Crippen LogP contribution in [0.4, 0.5) is 5.69 Å². The molecule has 3 rings (SSSR count). The fourth-order valence-electron chi connectivity index (χ4n) is 3.23. The first-order chi connectivity index (χ1) is 12.2. The molecular formula is C16H22N2O6S2. The van der Waals surface area contributed by atoms with Gasteiger partial charge in [-0.2, -0.15) is 4.31 Å². The lowest BCUT2D eigenvalue weighted by molar-refractivity contribution is -0.116. The van der Waals surface area contributed by atoms with Crippen LogP contribution in [-0.2, 0) is 24.8 Å². The average molecular weight is 402 g/mol. The van der Waals surface area contributed by atoms with E-state index in [4.69, 9.17) is 4.74 Å². The molecule has 2 aliphatic heterocycles. The van der Waals surface area contributed by atoms with E-state index in [0.717, 1.165) is 12.8 Å². The highest BCUT2D eigenvalue weighted by Gasteiger charge is 2.38. The Kier molecular flexibility index (Phi) is 5.02. The minimum Gasteiger partial charge on any atom is -0.495 e. The first-order valence-corrected chi connectivity index (χ1v) is 11.5. The van der Waals surface area contributed by atoms with Crippen LogP contribution in [0.1, 0.15) is 26.2 Å². The summed E-state index contributed by atoms with van der Waals surface area (Å²) in [6.07, 6.45) is 1.42. The third-order valence-electron chi connectivity index (χ3n) is 4.82. The van der Waals surface area contributed by atoms with Crippen molar-refractivity contribution in [3.05, 3.63) is 18.2 Å². The summed E-state index contributed by atoms with van der Waals surface area (Å²) < 4.78 is 57.7. The second kappa shape index (κ2) is 6.82. The van der Waals surface area contributed by atoms with Gasteiger partial charge in [0, 0.05) is 19.5 Å². The number of benzene rings is 1. The van der Waals surface area contributed by atoms with Crippen LogP contribution in [0.15, 0.2) is 23.1 Å². The van der Waals surface area contributed by atoms with Crippen molar-refractivity contribution in [2.45, 2.75) is 31.1 Å². The van der Waals surface area contributed by atoms with Gasteiger partial charge in [0.05, 0.1) is 18.6 Å². The summed E-state index contributed by atoms with van der Waals surface area (Å²) in [5.41, 5.74) is 0.0252. The number of nitrogens with zero attached hydrogens (tertiary/aromatic N) is 2. The molecule has 8 nitrogen and oxygen atoms in total. The molecule has 26 heavy (non-hydrogen) atoms. The number of anilines is 1. The van der Waals surface area contributed by atoms with Crippen LogP contribution in [0.3, 0.4) is 0 Å². The van der Waals surface area contributed by atoms with Gasteiger partial charge in [0.2, 0.25) is 26.0 Å². The number of piperidine rings is 1. The zero-order valence-electron chi connectivity index (χ0n) is 14.7. The largest absolute Gasteiger partial charge is 0.495 e. The summed E-state index contributed by atoms with van der Waals surface area (Å²) in [5, 5.41) is 0. The summed E-state index contributed by atoms with van der Waals surface area (Å²) >= 11 is 0. The van der Waals surface area contributed by atoms with Crippen LogP contribution in [0, 0.1) is 5.92 Å². The number of carbonyl (C=O) groups excluding carboxylic acids is 1. The molecule has 1 aromatic rings. The van der Waals surface area contributed by atoms with Crippen molar-refractivity contribution in [1.82, 2.24) is 4.31 Å². The molecule has 2 saturated heterocycles. The Morgan fingerprint density at radius 3 is 2.38 bits per heavy atom. The zero-order chi connectivity index (χ0) is 19.1. The lowest BCUT2D eigenvalue weighted by atomic mass is 10.0. The molecule has 0 aromatic heterocycles. The van der Waals surface area contributed by atoms with E-state index in [0.29, 0.717) is 23.3 Å². The summed E-state index contributed by atoms with van der Waals surface area (Å²) in [6.45, 7) is 2.88. The van der Waals surface area contributed by atoms with E-state index < -0.39 is 26.0 Å². The van der Waals surface area contributed by atoms with Crippen molar-refractivity contribution in [3.63, 3.8) is 0 Å². The van der Waals surface area contributed by atoms with Crippen molar-refractivity contribution < 1.29 is 26.4 Å². The summed E-state index contributed by atoms with van der Waals surface area (Å²) in [4.78, 5) is 11.9. The quantitative estimate of drug-likeness (QED) is 0.750. The number of hydrogen-bond donors (Lipinski definition) is 0. The Morgan fingerprint density at radius 2 is 1.85 bits per heavy atom. The normalized spacial score (nSPS) is 21.9. The number of carbonyl (C=O) groups is 1. The fraction of sp³-hybridized carbons (Fsp3) is 0.562. The van der Waals surface area contributed by atoms with Crippen molar-refractivity contribution in [1.29, 1.82) is 0 Å². The van der Waals surface area contributed by atoms with Crippen molar-refractivity contribution in [2.75, 3.05) is 30.3 Å². The molecule has 0 spiro atoms. The third kappa shape index (κ3) is 3.33. The van der Waals surface area contributed by atoms with Gasteiger partial charge in [-0.15, -0.1) is 0 Å². The highest BCUT2D eigenvalue weighted by Crippen LogP contribution is 2.35. The van der Waals surface area contributed by atoms with E-state index in [9.17, 15) is 21.6 Å². The van der Waals surface area contributed by atoms with Crippen molar-refractivity contribution >= 4 is 31.6 Å². The third-order valence-corrected chi connectivity index (χ3v) is 8.43. The molecule has 1 amide bonds. The topological polar surface area (TPSA) is 101 Å². The van der Waals surface area contributed by atoms with E-state index >= 15 is 0 Å². The van der Waals surface area contributed by atoms with Gasteiger partial charge < -0.3 is 4.74 Å². The van der Waals surface area contributed by atoms with E-state index in [1.165, 1.54) is 29.6 Å². The maximum absolute atomic E-state index is 13.1. The maximum atomic E-state index is 13.1. The number of methoxy groups -OCH3 is 1. The zero-order valence-corrected chi connectivity index (χ0v) is 16.3. The maximum Gasteiger partial charge on any atom is 0.246 e. The first kappa shape index (κ1) is 19.1. The van der Waals surface area contributed by atoms with E-state index in [1.54, 1.807) is 0 Å². The van der Waals surface area contributed by atoms with Crippen molar-refractivity contribution in [2.24, 2.45) is 5.92 Å². The Hall–Kier alpha value is -1.65. The molecule has 0 bridgehead atoms. The minimum atomic E-state index is -3.86. The number of sulfonamides is 2. The van der Waals surface area contributed by atoms with Crippen LogP contribution in [0.2, 0.25) is 0 Å². The van der Waals surface area contributed by atoms with Gasteiger partial charge in [-0.25, -0.2) is 21.1 Å². The number of hydrogen-bond acceptors (Lipinski definition) is 6. The summed E-state index contributed by atoms with van der Waals surface area (Å²) in [5.74, 6) is -0.256. The lowest BCUT2D eigenvalue weighted by Crippen LogP contribution is -2.38. The molecule has 0 N–H and O–H groups in total. The predicted octanol–water partition coefficient (Wildman–Crippen LogP) is 1.18. The molecule has 2 fully saturated rings. The standard InChI is InChI=1S/C16H22N2O6S2/c1-12-5-8-17(9-6-12)26(22,23)15-11-13(3-4-14(15)24-2)18-16(19)7-10-25(18,20)21/h3-4,11-12H,5-10H2,1-2H3. The molecule has 1 aromatic carbocycles. The van der Waals surface area contributed by atoms with Crippen LogP contribution in [0.25, 0.3) is 0 Å². The fourth-order valence-corrected chi connectivity index (χ4v) is 6.32. The smallest absolute Gasteiger partial charge is 0.246 e. The second-order valence-electron chi connectivity index (χ2n) is 6.65. The molecule has 2 heterocycles. The molecule has 2 aliphatic rings. The van der Waals surface area contributed by atoms with Crippen LogP contribution in [-0.4, -0.2) is 53.0 Å². The second-order valence-corrected chi connectivity index (χ2v) is 10.5. The van der Waals surface area contributed by atoms with Gasteiger partial charge in [-0.1, -0.05) is 6.92 Å². The Labute approximate surface area is 153 Å². The Bertz CT molecular complexity index is 918. The van der Waals surface area contributed by atoms with Gasteiger partial charge in [-0.05, 0) is 37.0 Å². The summed E-state index contributed by atoms with van der Waals surface area (Å²) in [6, 6.07) is 3.99. The van der Waals surface area contributed by atoms with E-state index in [-0.39, 0.29) is 28.5 Å². The van der Waals surface area contributed by atoms with Gasteiger partial charge in [0.25, 0.3) is 0 Å². The van der Waals surface area contributed by atoms with Crippen molar-refractivity contribution in [3.8, 4) is 5.75 Å². The van der Waals surface area contributed by atoms with Crippen LogP contribution >= 0.6 is 0 Å². The molecule has 0 atom stereocenters. The number of ether oxygens (including phenoxy) is 1. The summed E-state index contributed by atoms with van der Waals surface area (Å²) in [7, 11) is -6.28. The average Bonchev–Trinajstić information content (AvgIpc) is 2.87. The van der Waals surface area contributed by atoms with Gasteiger partial charge in [0.15, 0.2) is 0 Å². The van der Waals surface area contributed by atoms with Crippen LogP contribution in [0.5, 0.6) is 5.75 Å². The van der Waals surface area contributed by atoms with Gasteiger partial charge in [0.1, 0.15) is 10.6 Å². The minimum absolute atomic E-state index is 0.0252. The predicted molar refractivity (Wildman–Crippen MR) is 96.0 cm³/mol.